The molecule has 1 aliphatic rings. The van der Waals surface area contributed by atoms with E-state index < -0.39 is 0 Å². The molecular weight excluding hydrogens is 370 g/mol. The van der Waals surface area contributed by atoms with Crippen LogP contribution in [0.1, 0.15) is 41.3 Å². The fourth-order valence-electron chi connectivity index (χ4n) is 3.93. The number of H-pyrrole nitrogens is 1. The van der Waals surface area contributed by atoms with E-state index in [1.165, 1.54) is 4.70 Å². The molecule has 0 aliphatic carbocycles. The predicted octanol–water partition coefficient (Wildman–Crippen LogP) is 5.15. The van der Waals surface area contributed by atoms with Crippen LogP contribution >= 0.6 is 11.3 Å². The van der Waals surface area contributed by atoms with Gasteiger partial charge in [-0.3, -0.25) is 4.79 Å². The number of fused-ring (bicyclic) bond motifs is 2. The van der Waals surface area contributed by atoms with Gasteiger partial charge in [0, 0.05) is 23.5 Å². The second kappa shape index (κ2) is 6.95. The first-order chi connectivity index (χ1) is 13.7. The zero-order valence-corrected chi connectivity index (χ0v) is 16.5. The van der Waals surface area contributed by atoms with Gasteiger partial charge in [-0.2, -0.15) is 0 Å². The molecule has 0 saturated carbocycles. The van der Waals surface area contributed by atoms with Crippen molar-refractivity contribution in [1.82, 2.24) is 14.9 Å². The van der Waals surface area contributed by atoms with Gasteiger partial charge in [0.1, 0.15) is 16.5 Å². The van der Waals surface area contributed by atoms with Crippen LogP contribution in [-0.4, -0.2) is 33.9 Å². The van der Waals surface area contributed by atoms with Crippen molar-refractivity contribution in [3.63, 3.8) is 0 Å². The number of para-hydroxylation sites is 1. The third-order valence-electron chi connectivity index (χ3n) is 5.24. The third kappa shape index (κ3) is 2.94. The Bertz CT molecular complexity index is 1130. The van der Waals surface area contributed by atoms with E-state index in [2.05, 4.69) is 11.1 Å². The van der Waals surface area contributed by atoms with Gasteiger partial charge >= 0.3 is 0 Å². The monoisotopic (exact) mass is 391 g/mol. The Morgan fingerprint density at radius 1 is 1.29 bits per heavy atom. The summed E-state index contributed by atoms with van der Waals surface area (Å²) >= 11 is 1.69. The number of carbonyl (C=O) groups excluding carboxylic acids is 1. The average molecular weight is 391 g/mol. The number of nitrogens with one attached hydrogen (secondary N) is 1. The van der Waals surface area contributed by atoms with Crippen LogP contribution in [0.5, 0.6) is 5.75 Å². The topological polar surface area (TPSA) is 58.2 Å². The summed E-state index contributed by atoms with van der Waals surface area (Å²) in [4.78, 5) is 23.3. The first kappa shape index (κ1) is 17.3. The predicted molar refractivity (Wildman–Crippen MR) is 112 cm³/mol. The van der Waals surface area contributed by atoms with Crippen molar-refractivity contribution in [2.75, 3.05) is 13.2 Å². The number of carbonyl (C=O) groups is 1. The van der Waals surface area contributed by atoms with E-state index in [-0.39, 0.29) is 11.9 Å². The maximum atomic E-state index is 13.3. The minimum atomic E-state index is 0.0379. The zero-order valence-electron chi connectivity index (χ0n) is 15.6. The van der Waals surface area contributed by atoms with Gasteiger partial charge < -0.3 is 14.6 Å². The number of nitrogens with zero attached hydrogens (tertiary/aromatic N) is 2. The third-order valence-corrected chi connectivity index (χ3v) is 6.38. The molecular formula is C22H21N3O2S. The molecule has 1 N–H and O–H groups in total. The van der Waals surface area contributed by atoms with Crippen molar-refractivity contribution in [3.05, 3.63) is 59.2 Å². The number of likely N-dealkylation sites (tertiary alicyclic amines) is 1. The molecule has 0 spiro atoms. The highest BCUT2D eigenvalue weighted by molar-refractivity contribution is 7.18. The molecule has 1 saturated heterocycles. The second-order valence-corrected chi connectivity index (χ2v) is 8.10. The Morgan fingerprint density at radius 2 is 2.18 bits per heavy atom. The van der Waals surface area contributed by atoms with Gasteiger partial charge in [-0.1, -0.05) is 12.1 Å². The molecule has 4 aromatic rings. The molecule has 1 aliphatic heterocycles. The maximum Gasteiger partial charge on any atom is 0.270 e. The van der Waals surface area contributed by atoms with Crippen LogP contribution in [-0.2, 0) is 0 Å². The van der Waals surface area contributed by atoms with Gasteiger partial charge in [0.05, 0.1) is 22.9 Å². The fourth-order valence-corrected chi connectivity index (χ4v) is 5.05. The SMILES string of the molecule is CCOc1ccc2cc(C(=O)N3CCCC3c3nc4ccccc4s3)[nH]c2c1. The van der Waals surface area contributed by atoms with Crippen molar-refractivity contribution in [2.45, 2.75) is 25.8 Å². The number of aromatic amines is 1. The Labute approximate surface area is 167 Å². The lowest BCUT2D eigenvalue weighted by molar-refractivity contribution is 0.0730. The van der Waals surface area contributed by atoms with Gasteiger partial charge in [-0.15, -0.1) is 11.3 Å². The molecule has 142 valence electrons. The van der Waals surface area contributed by atoms with Crippen molar-refractivity contribution >= 4 is 38.4 Å². The van der Waals surface area contributed by atoms with Crippen molar-refractivity contribution in [1.29, 1.82) is 0 Å². The lowest BCUT2D eigenvalue weighted by Crippen LogP contribution is -2.30. The van der Waals surface area contributed by atoms with Gasteiger partial charge in [0.25, 0.3) is 5.91 Å². The summed E-state index contributed by atoms with van der Waals surface area (Å²) in [7, 11) is 0. The lowest BCUT2D eigenvalue weighted by Gasteiger charge is -2.22. The fraction of sp³-hybridized carbons (Fsp3) is 0.273. The summed E-state index contributed by atoms with van der Waals surface area (Å²) in [5.74, 6) is 0.847. The van der Waals surface area contributed by atoms with Crippen molar-refractivity contribution in [2.24, 2.45) is 0 Å². The largest absolute Gasteiger partial charge is 0.494 e. The number of hydrogen-bond acceptors (Lipinski definition) is 4. The summed E-state index contributed by atoms with van der Waals surface area (Å²) in [6.45, 7) is 3.35. The highest BCUT2D eigenvalue weighted by Crippen LogP contribution is 2.37. The van der Waals surface area contributed by atoms with Crippen LogP contribution in [0.4, 0.5) is 0 Å². The first-order valence-electron chi connectivity index (χ1n) is 9.65. The first-order valence-corrected chi connectivity index (χ1v) is 10.5. The molecule has 5 rings (SSSR count). The van der Waals surface area contributed by atoms with Crippen molar-refractivity contribution < 1.29 is 9.53 Å². The molecule has 3 heterocycles. The van der Waals surface area contributed by atoms with E-state index in [1.54, 1.807) is 11.3 Å². The highest BCUT2D eigenvalue weighted by atomic mass is 32.1. The standard InChI is InChI=1S/C22H21N3O2S/c1-2-27-15-10-9-14-12-18(23-17(14)13-15)22(26)25-11-5-7-19(25)21-24-16-6-3-4-8-20(16)28-21/h3-4,6,8-10,12-13,19,23H,2,5,7,11H2,1H3. The molecule has 2 aromatic heterocycles. The summed E-state index contributed by atoms with van der Waals surface area (Å²) in [6, 6.07) is 16.0. The number of hydrogen-bond donors (Lipinski definition) is 1. The smallest absolute Gasteiger partial charge is 0.270 e. The molecule has 2 aromatic carbocycles. The Balaban J connectivity index is 1.45. The van der Waals surface area contributed by atoms with E-state index >= 15 is 0 Å². The van der Waals surface area contributed by atoms with Gasteiger partial charge in [0.15, 0.2) is 0 Å². The van der Waals surface area contributed by atoms with Crippen LogP contribution in [0.15, 0.2) is 48.5 Å². The summed E-state index contributed by atoms with van der Waals surface area (Å²) < 4.78 is 6.74. The number of aromatic nitrogens is 2. The molecule has 0 radical (unpaired) electrons. The lowest BCUT2D eigenvalue weighted by atomic mass is 10.2. The Morgan fingerprint density at radius 3 is 3.04 bits per heavy atom. The molecule has 1 atom stereocenters. The van der Waals surface area contributed by atoms with Crippen LogP contribution < -0.4 is 4.74 Å². The van der Waals surface area contributed by atoms with Crippen LogP contribution in [0, 0.1) is 0 Å². The maximum absolute atomic E-state index is 13.3. The van der Waals surface area contributed by atoms with E-state index in [9.17, 15) is 4.79 Å². The van der Waals surface area contributed by atoms with E-state index in [1.807, 2.05) is 54.3 Å². The second-order valence-electron chi connectivity index (χ2n) is 7.04. The molecule has 5 nitrogen and oxygen atoms in total. The van der Waals surface area contributed by atoms with E-state index in [0.717, 1.165) is 46.6 Å². The molecule has 0 bridgehead atoms. The van der Waals surface area contributed by atoms with E-state index in [4.69, 9.17) is 9.72 Å². The summed E-state index contributed by atoms with van der Waals surface area (Å²) in [6.07, 6.45) is 1.96. The van der Waals surface area contributed by atoms with Gasteiger partial charge in [0.2, 0.25) is 0 Å². The minimum absolute atomic E-state index is 0.0379. The van der Waals surface area contributed by atoms with E-state index in [0.29, 0.717) is 12.3 Å². The molecule has 1 fully saturated rings. The molecule has 6 heteroatoms. The molecule has 1 unspecified atom stereocenters. The Hall–Kier alpha value is -2.86. The minimum Gasteiger partial charge on any atom is -0.494 e. The Kier molecular flexibility index (Phi) is 4.28. The summed E-state index contributed by atoms with van der Waals surface area (Å²) in [5, 5.41) is 2.05. The normalized spacial score (nSPS) is 16.9. The van der Waals surface area contributed by atoms with Crippen LogP contribution in [0.2, 0.25) is 0 Å². The number of benzene rings is 2. The summed E-state index contributed by atoms with van der Waals surface area (Å²) in [5.41, 5.74) is 2.55. The van der Waals surface area contributed by atoms with Crippen LogP contribution in [0.3, 0.4) is 0 Å². The molecule has 1 amide bonds. The van der Waals surface area contributed by atoms with Gasteiger partial charge in [-0.25, -0.2) is 4.98 Å². The van der Waals surface area contributed by atoms with Crippen molar-refractivity contribution in [3.8, 4) is 5.75 Å². The van der Waals surface area contributed by atoms with Gasteiger partial charge in [-0.05, 0) is 50.1 Å². The highest BCUT2D eigenvalue weighted by Gasteiger charge is 2.33. The number of thiazole rings is 1. The number of ether oxygens (including phenoxy) is 1. The average Bonchev–Trinajstić information content (AvgIpc) is 3.43. The quantitative estimate of drug-likeness (QED) is 0.523. The van der Waals surface area contributed by atoms with Crippen LogP contribution in [0.25, 0.3) is 21.1 Å². The zero-order chi connectivity index (χ0) is 19.1. The number of rotatable bonds is 4. The number of amides is 1. The molecule has 28 heavy (non-hydrogen) atoms.